The highest BCUT2D eigenvalue weighted by Gasteiger charge is 2.38. The Bertz CT molecular complexity index is 1370. The minimum absolute atomic E-state index is 0.415. The largest absolute Gasteiger partial charge is 0.366 e. The van der Waals surface area contributed by atoms with E-state index in [0.29, 0.717) is 18.7 Å². The average molecular weight is 487 g/mol. The van der Waals surface area contributed by atoms with Crippen LogP contribution in [0.2, 0.25) is 0 Å². The van der Waals surface area contributed by atoms with Crippen LogP contribution >= 0.6 is 0 Å². The van der Waals surface area contributed by atoms with Gasteiger partial charge in [-0.25, -0.2) is 4.98 Å². The second-order valence-electron chi connectivity index (χ2n) is 9.32. The molecule has 0 spiro atoms. The van der Waals surface area contributed by atoms with Gasteiger partial charge in [0.15, 0.2) is 0 Å². The summed E-state index contributed by atoms with van der Waals surface area (Å²) in [6.07, 6.45) is 4.08. The van der Waals surface area contributed by atoms with Crippen LogP contribution in [0.5, 0.6) is 0 Å². The third kappa shape index (κ3) is 4.95. The van der Waals surface area contributed by atoms with Gasteiger partial charge in [-0.3, -0.25) is 9.69 Å². The molecule has 5 nitrogen and oxygen atoms in total. The van der Waals surface area contributed by atoms with Crippen LogP contribution in [0.1, 0.15) is 38.3 Å². The summed E-state index contributed by atoms with van der Waals surface area (Å²) in [5.41, 5.74) is 10.9. The van der Waals surface area contributed by atoms with E-state index in [2.05, 4.69) is 95.5 Å². The zero-order valence-corrected chi connectivity index (χ0v) is 20.9. The van der Waals surface area contributed by atoms with Gasteiger partial charge in [0.2, 0.25) is 5.91 Å². The number of benzene rings is 4. The maximum Gasteiger partial charge on any atom is 0.248 e. The fraction of sp³-hybridized carbons (Fsp3) is 0.125. The van der Waals surface area contributed by atoms with Crippen molar-refractivity contribution >= 4 is 5.91 Å². The lowest BCUT2D eigenvalue weighted by atomic mass is 9.77. The molecular weight excluding hydrogens is 456 g/mol. The van der Waals surface area contributed by atoms with Gasteiger partial charge in [-0.05, 0) is 41.4 Å². The van der Waals surface area contributed by atoms with Gasteiger partial charge in [0, 0.05) is 24.8 Å². The first-order valence-corrected chi connectivity index (χ1v) is 12.3. The lowest BCUT2D eigenvalue weighted by Gasteiger charge is -2.37. The van der Waals surface area contributed by atoms with Crippen molar-refractivity contribution in [1.82, 2.24) is 14.5 Å². The molecule has 5 aromatic rings. The number of nitrogens with two attached hydrogens (primary N) is 1. The van der Waals surface area contributed by atoms with E-state index in [1.165, 1.54) is 0 Å². The molecule has 0 unspecified atom stereocenters. The molecule has 0 bridgehead atoms. The summed E-state index contributed by atoms with van der Waals surface area (Å²) in [7, 11) is 2.05. The molecule has 0 aliphatic rings. The molecule has 1 amide bonds. The zero-order valence-electron chi connectivity index (χ0n) is 20.9. The predicted molar refractivity (Wildman–Crippen MR) is 147 cm³/mol. The average Bonchev–Trinajstić information content (AvgIpc) is 3.39. The van der Waals surface area contributed by atoms with Gasteiger partial charge in [-0.2, -0.15) is 0 Å². The molecule has 0 radical (unpaired) electrons. The van der Waals surface area contributed by atoms with Gasteiger partial charge >= 0.3 is 0 Å². The molecule has 5 heteroatoms. The monoisotopic (exact) mass is 486 g/mol. The molecule has 1 heterocycles. The highest BCUT2D eigenvalue weighted by molar-refractivity contribution is 5.92. The number of rotatable bonds is 9. The summed E-state index contributed by atoms with van der Waals surface area (Å²) in [6, 6.07) is 39.2. The van der Waals surface area contributed by atoms with Crippen molar-refractivity contribution in [2.75, 3.05) is 7.05 Å². The van der Waals surface area contributed by atoms with Crippen LogP contribution in [-0.2, 0) is 18.6 Å². The highest BCUT2D eigenvalue weighted by Crippen LogP contribution is 2.40. The number of hydrogen-bond donors (Lipinski definition) is 1. The number of imidazole rings is 1. The third-order valence-electron chi connectivity index (χ3n) is 6.69. The van der Waals surface area contributed by atoms with Crippen molar-refractivity contribution in [2.45, 2.75) is 18.6 Å². The summed E-state index contributed by atoms with van der Waals surface area (Å²) in [6.45, 7) is 1.33. The Balaban J connectivity index is 1.53. The smallest absolute Gasteiger partial charge is 0.248 e. The highest BCUT2D eigenvalue weighted by atomic mass is 16.1. The van der Waals surface area contributed by atoms with E-state index in [9.17, 15) is 4.79 Å². The van der Waals surface area contributed by atoms with Crippen LogP contribution in [0.15, 0.2) is 128 Å². The predicted octanol–water partition coefficient (Wildman–Crippen LogP) is 5.45. The van der Waals surface area contributed by atoms with E-state index in [-0.39, 0.29) is 0 Å². The van der Waals surface area contributed by atoms with Gasteiger partial charge in [-0.1, -0.05) is 103 Å². The summed E-state index contributed by atoms with van der Waals surface area (Å²) in [5, 5.41) is 0. The normalized spacial score (nSPS) is 11.5. The molecule has 0 atom stereocenters. The van der Waals surface area contributed by atoms with Crippen LogP contribution < -0.4 is 5.73 Å². The first-order valence-electron chi connectivity index (χ1n) is 12.3. The molecule has 0 aliphatic heterocycles. The van der Waals surface area contributed by atoms with Gasteiger partial charge in [0.25, 0.3) is 0 Å². The Morgan fingerprint density at radius 1 is 0.784 bits per heavy atom. The maximum absolute atomic E-state index is 11.6. The van der Waals surface area contributed by atoms with Gasteiger partial charge in [0.05, 0.1) is 12.0 Å². The second-order valence-corrected chi connectivity index (χ2v) is 9.32. The maximum atomic E-state index is 11.6. The summed E-state index contributed by atoms with van der Waals surface area (Å²) in [5.74, 6) is -0.415. The molecule has 5 rings (SSSR count). The van der Waals surface area contributed by atoms with Crippen molar-refractivity contribution in [3.05, 3.63) is 161 Å². The third-order valence-corrected chi connectivity index (χ3v) is 6.69. The van der Waals surface area contributed by atoms with E-state index in [1.54, 1.807) is 6.07 Å². The van der Waals surface area contributed by atoms with E-state index < -0.39 is 11.4 Å². The Kier molecular flexibility index (Phi) is 6.97. The number of primary amides is 1. The van der Waals surface area contributed by atoms with Crippen molar-refractivity contribution in [3.63, 3.8) is 0 Å². The summed E-state index contributed by atoms with van der Waals surface area (Å²) in [4.78, 5) is 18.6. The molecule has 2 N–H and O–H groups in total. The fourth-order valence-electron chi connectivity index (χ4n) is 5.08. The van der Waals surface area contributed by atoms with Crippen molar-refractivity contribution in [1.29, 1.82) is 0 Å². The number of amides is 1. The standard InChI is InChI=1S/C32H30N4O/c1-35(21-25-12-11-13-26(20-25)31(33)37)22-30-23-36(24-34-30)32(27-14-5-2-6-15-27,28-16-7-3-8-17-28)29-18-9-4-10-19-29/h2-20,23-24H,21-22H2,1H3,(H2,33,37). The molecule has 0 aliphatic carbocycles. The van der Waals surface area contributed by atoms with Crippen LogP contribution in [-0.4, -0.2) is 27.4 Å². The van der Waals surface area contributed by atoms with E-state index in [4.69, 9.17) is 10.7 Å². The SMILES string of the molecule is CN(Cc1cccc(C(N)=O)c1)Cc1cn(C(c2ccccc2)(c2ccccc2)c2ccccc2)cn1. The van der Waals surface area contributed by atoms with Crippen LogP contribution in [0.3, 0.4) is 0 Å². The molecular formula is C32H30N4O. The lowest BCUT2D eigenvalue weighted by Crippen LogP contribution is -2.37. The van der Waals surface area contributed by atoms with Crippen molar-refractivity contribution in [2.24, 2.45) is 5.73 Å². The lowest BCUT2D eigenvalue weighted by molar-refractivity contribution is 0.1000. The number of carbonyl (C=O) groups is 1. The Hall–Kier alpha value is -4.48. The zero-order chi connectivity index (χ0) is 25.7. The summed E-state index contributed by atoms with van der Waals surface area (Å²) < 4.78 is 2.23. The first kappa shape index (κ1) is 24.2. The molecule has 0 fully saturated rings. The van der Waals surface area contributed by atoms with Crippen molar-refractivity contribution in [3.8, 4) is 0 Å². The fourth-order valence-corrected chi connectivity index (χ4v) is 5.08. The molecule has 1 aromatic heterocycles. The van der Waals surface area contributed by atoms with Gasteiger partial charge in [0.1, 0.15) is 5.54 Å². The van der Waals surface area contributed by atoms with E-state index in [1.807, 2.05) is 42.7 Å². The number of nitrogens with zero attached hydrogens (tertiary/aromatic N) is 3. The van der Waals surface area contributed by atoms with Crippen LogP contribution in [0.4, 0.5) is 0 Å². The Morgan fingerprint density at radius 3 is 1.84 bits per heavy atom. The molecule has 37 heavy (non-hydrogen) atoms. The molecule has 0 saturated carbocycles. The second kappa shape index (κ2) is 10.6. The minimum Gasteiger partial charge on any atom is -0.366 e. The molecule has 4 aromatic carbocycles. The van der Waals surface area contributed by atoms with E-state index in [0.717, 1.165) is 27.9 Å². The number of aromatic nitrogens is 2. The number of hydrogen-bond acceptors (Lipinski definition) is 3. The Labute approximate surface area is 217 Å². The van der Waals surface area contributed by atoms with Gasteiger partial charge < -0.3 is 10.3 Å². The molecule has 184 valence electrons. The van der Waals surface area contributed by atoms with E-state index >= 15 is 0 Å². The quantitative estimate of drug-likeness (QED) is 0.282. The van der Waals surface area contributed by atoms with Crippen molar-refractivity contribution < 1.29 is 4.79 Å². The van der Waals surface area contributed by atoms with Crippen LogP contribution in [0.25, 0.3) is 0 Å². The Morgan fingerprint density at radius 2 is 1.32 bits per heavy atom. The number of carbonyl (C=O) groups excluding carboxylic acids is 1. The van der Waals surface area contributed by atoms with Crippen LogP contribution in [0, 0.1) is 0 Å². The van der Waals surface area contributed by atoms with Gasteiger partial charge in [-0.15, -0.1) is 0 Å². The first-order chi connectivity index (χ1) is 18.1. The molecule has 0 saturated heterocycles. The minimum atomic E-state index is -0.580. The topological polar surface area (TPSA) is 64.2 Å². The summed E-state index contributed by atoms with van der Waals surface area (Å²) >= 11 is 0.